The highest BCUT2D eigenvalue weighted by Crippen LogP contribution is 2.24. The Balaban J connectivity index is 1.95. The molecule has 2 amide bonds. The SMILES string of the molecule is NC(=O)c1ccc(CSCC(=O)Nc2ccccc2)c([N+](=O)[O-])c1. The third-order valence-corrected chi connectivity index (χ3v) is 4.10. The Morgan fingerprint density at radius 3 is 2.50 bits per heavy atom. The van der Waals surface area contributed by atoms with Crippen molar-refractivity contribution in [2.45, 2.75) is 5.75 Å². The first kappa shape index (κ1) is 17.5. The lowest BCUT2D eigenvalue weighted by Crippen LogP contribution is -2.14. The highest BCUT2D eigenvalue weighted by atomic mass is 32.2. The quantitative estimate of drug-likeness (QED) is 0.591. The topological polar surface area (TPSA) is 115 Å². The molecule has 0 aromatic heterocycles. The Hall–Kier alpha value is -2.87. The lowest BCUT2D eigenvalue weighted by atomic mass is 10.1. The summed E-state index contributed by atoms with van der Waals surface area (Å²) in [5, 5.41) is 13.8. The zero-order chi connectivity index (χ0) is 17.5. The molecule has 8 heteroatoms. The summed E-state index contributed by atoms with van der Waals surface area (Å²) in [4.78, 5) is 33.5. The Labute approximate surface area is 142 Å². The van der Waals surface area contributed by atoms with Crippen LogP contribution in [0.5, 0.6) is 0 Å². The molecule has 0 aliphatic carbocycles. The smallest absolute Gasteiger partial charge is 0.274 e. The molecule has 3 N–H and O–H groups in total. The second kappa shape index (κ2) is 8.11. The highest BCUT2D eigenvalue weighted by molar-refractivity contribution is 7.99. The molecule has 24 heavy (non-hydrogen) atoms. The molecule has 124 valence electrons. The highest BCUT2D eigenvalue weighted by Gasteiger charge is 2.16. The van der Waals surface area contributed by atoms with E-state index < -0.39 is 10.8 Å². The van der Waals surface area contributed by atoms with Crippen LogP contribution >= 0.6 is 11.8 Å². The molecule has 2 aromatic carbocycles. The van der Waals surface area contributed by atoms with E-state index >= 15 is 0 Å². The third-order valence-electron chi connectivity index (χ3n) is 3.11. The molecule has 0 bridgehead atoms. The molecule has 0 heterocycles. The van der Waals surface area contributed by atoms with Crippen molar-refractivity contribution in [3.05, 3.63) is 69.8 Å². The summed E-state index contributed by atoms with van der Waals surface area (Å²) in [6.45, 7) is 0. The van der Waals surface area contributed by atoms with Crippen molar-refractivity contribution in [1.82, 2.24) is 0 Å². The number of carbonyl (C=O) groups excluding carboxylic acids is 2. The van der Waals surface area contributed by atoms with E-state index in [0.717, 1.165) is 6.07 Å². The minimum Gasteiger partial charge on any atom is -0.366 e. The average Bonchev–Trinajstić information content (AvgIpc) is 2.55. The number of hydrogen-bond donors (Lipinski definition) is 2. The van der Waals surface area contributed by atoms with E-state index in [4.69, 9.17) is 5.73 Å². The predicted molar refractivity (Wildman–Crippen MR) is 92.8 cm³/mol. The summed E-state index contributed by atoms with van der Waals surface area (Å²) in [7, 11) is 0. The van der Waals surface area contributed by atoms with E-state index in [2.05, 4.69) is 5.32 Å². The van der Waals surface area contributed by atoms with Crippen LogP contribution in [0.3, 0.4) is 0 Å². The van der Waals surface area contributed by atoms with Crippen LogP contribution in [-0.2, 0) is 10.5 Å². The second-order valence-corrected chi connectivity index (χ2v) is 5.86. The van der Waals surface area contributed by atoms with Crippen LogP contribution in [0.4, 0.5) is 11.4 Å². The van der Waals surface area contributed by atoms with Crippen LogP contribution < -0.4 is 11.1 Å². The van der Waals surface area contributed by atoms with Gasteiger partial charge in [-0.15, -0.1) is 11.8 Å². The van der Waals surface area contributed by atoms with Crippen LogP contribution in [0, 0.1) is 10.1 Å². The van der Waals surface area contributed by atoms with Crippen LogP contribution in [0.2, 0.25) is 0 Å². The maximum Gasteiger partial charge on any atom is 0.274 e. The summed E-state index contributed by atoms with van der Waals surface area (Å²) in [6.07, 6.45) is 0. The number of rotatable bonds is 7. The molecule has 0 fully saturated rings. The van der Waals surface area contributed by atoms with Gasteiger partial charge in [-0.25, -0.2) is 0 Å². The van der Waals surface area contributed by atoms with Crippen LogP contribution in [0.1, 0.15) is 15.9 Å². The first-order chi connectivity index (χ1) is 11.5. The number of amides is 2. The van der Waals surface area contributed by atoms with E-state index in [1.54, 1.807) is 12.1 Å². The van der Waals surface area contributed by atoms with Crippen molar-refractivity contribution < 1.29 is 14.5 Å². The number of carbonyl (C=O) groups is 2. The van der Waals surface area contributed by atoms with E-state index in [9.17, 15) is 19.7 Å². The Bertz CT molecular complexity index is 765. The first-order valence-electron chi connectivity index (χ1n) is 6.97. The van der Waals surface area contributed by atoms with E-state index in [1.165, 1.54) is 23.9 Å². The van der Waals surface area contributed by atoms with Gasteiger partial charge in [0.2, 0.25) is 11.8 Å². The molecule has 0 saturated heterocycles. The molecule has 0 aliphatic heterocycles. The van der Waals surface area contributed by atoms with Crippen LogP contribution in [0.15, 0.2) is 48.5 Å². The van der Waals surface area contributed by atoms with Gasteiger partial charge in [-0.3, -0.25) is 19.7 Å². The van der Waals surface area contributed by atoms with Crippen molar-refractivity contribution in [3.63, 3.8) is 0 Å². The van der Waals surface area contributed by atoms with Gasteiger partial charge in [0.25, 0.3) is 5.69 Å². The maximum atomic E-state index is 11.8. The van der Waals surface area contributed by atoms with Crippen molar-refractivity contribution in [2.24, 2.45) is 5.73 Å². The number of para-hydroxylation sites is 1. The number of thioether (sulfide) groups is 1. The molecule has 0 aliphatic rings. The maximum absolute atomic E-state index is 11.8. The standard InChI is InChI=1S/C16H15N3O4S/c17-16(21)11-6-7-12(14(8-11)19(22)23)9-24-10-15(20)18-13-4-2-1-3-5-13/h1-8H,9-10H2,(H2,17,21)(H,18,20). The predicted octanol–water partition coefficient (Wildman–Crippen LogP) is 2.57. The number of anilines is 1. The largest absolute Gasteiger partial charge is 0.366 e. The fourth-order valence-electron chi connectivity index (χ4n) is 1.98. The number of nitrogens with two attached hydrogens (primary N) is 1. The van der Waals surface area contributed by atoms with Gasteiger partial charge in [0, 0.05) is 28.6 Å². The molecule has 0 atom stereocenters. The Morgan fingerprint density at radius 1 is 1.17 bits per heavy atom. The molecule has 0 unspecified atom stereocenters. The number of nitro groups is 1. The minimum absolute atomic E-state index is 0.0808. The lowest BCUT2D eigenvalue weighted by Gasteiger charge is -2.06. The minimum atomic E-state index is -0.723. The number of nitro benzene ring substituents is 1. The number of nitrogens with zero attached hydrogens (tertiary/aromatic N) is 1. The fraction of sp³-hybridized carbons (Fsp3) is 0.125. The number of primary amides is 1. The molecule has 2 rings (SSSR count). The summed E-state index contributed by atoms with van der Waals surface area (Å²) in [5.74, 6) is -0.483. The van der Waals surface area contributed by atoms with Crippen LogP contribution in [-0.4, -0.2) is 22.5 Å². The monoisotopic (exact) mass is 345 g/mol. The second-order valence-electron chi connectivity index (χ2n) is 4.87. The van der Waals surface area contributed by atoms with Gasteiger partial charge in [-0.2, -0.15) is 0 Å². The van der Waals surface area contributed by atoms with Crippen molar-refractivity contribution in [1.29, 1.82) is 0 Å². The molecular formula is C16H15N3O4S. The zero-order valence-corrected chi connectivity index (χ0v) is 13.4. The van der Waals surface area contributed by atoms with Gasteiger partial charge in [0.1, 0.15) is 0 Å². The van der Waals surface area contributed by atoms with Gasteiger partial charge in [-0.1, -0.05) is 24.3 Å². The lowest BCUT2D eigenvalue weighted by molar-refractivity contribution is -0.385. The summed E-state index contributed by atoms with van der Waals surface area (Å²) < 4.78 is 0. The Kier molecular flexibility index (Phi) is 5.91. The van der Waals surface area contributed by atoms with Gasteiger partial charge in [0.15, 0.2) is 0 Å². The molecule has 7 nitrogen and oxygen atoms in total. The normalized spacial score (nSPS) is 10.2. The van der Waals surface area contributed by atoms with E-state index in [-0.39, 0.29) is 28.7 Å². The number of benzene rings is 2. The molecule has 0 radical (unpaired) electrons. The van der Waals surface area contributed by atoms with E-state index in [1.807, 2.05) is 18.2 Å². The zero-order valence-electron chi connectivity index (χ0n) is 12.6. The number of hydrogen-bond acceptors (Lipinski definition) is 5. The van der Waals surface area contributed by atoms with Crippen LogP contribution in [0.25, 0.3) is 0 Å². The summed E-state index contributed by atoms with van der Waals surface area (Å²) in [5.41, 5.74) is 6.16. The first-order valence-corrected chi connectivity index (χ1v) is 8.12. The number of nitrogens with one attached hydrogen (secondary N) is 1. The Morgan fingerprint density at radius 2 is 1.88 bits per heavy atom. The fourth-order valence-corrected chi connectivity index (χ4v) is 2.81. The summed E-state index contributed by atoms with van der Waals surface area (Å²) in [6, 6.07) is 13.1. The van der Waals surface area contributed by atoms with E-state index in [0.29, 0.717) is 11.3 Å². The molecule has 2 aromatic rings. The van der Waals surface area contributed by atoms with Gasteiger partial charge >= 0.3 is 0 Å². The third kappa shape index (κ3) is 4.82. The average molecular weight is 345 g/mol. The van der Waals surface area contributed by atoms with Gasteiger partial charge in [0.05, 0.1) is 10.7 Å². The summed E-state index contributed by atoms with van der Waals surface area (Å²) >= 11 is 1.25. The van der Waals surface area contributed by atoms with Crippen molar-refractivity contribution in [2.75, 3.05) is 11.1 Å². The molecular weight excluding hydrogens is 330 g/mol. The van der Waals surface area contributed by atoms with Crippen molar-refractivity contribution in [3.8, 4) is 0 Å². The van der Waals surface area contributed by atoms with Gasteiger partial charge in [-0.05, 0) is 18.2 Å². The van der Waals surface area contributed by atoms with Crippen molar-refractivity contribution >= 4 is 35.0 Å². The van der Waals surface area contributed by atoms with Gasteiger partial charge < -0.3 is 11.1 Å². The molecule has 0 saturated carbocycles. The molecule has 0 spiro atoms.